The molecule has 0 fully saturated rings. The molecule has 1 aliphatic heterocycles. The Labute approximate surface area is 184 Å². The van der Waals surface area contributed by atoms with Gasteiger partial charge in [-0.25, -0.2) is 27.6 Å². The van der Waals surface area contributed by atoms with Gasteiger partial charge in [-0.3, -0.25) is 0 Å². The normalized spacial score (nSPS) is 22.3. The maximum Gasteiger partial charge on any atom is 0.354 e. The van der Waals surface area contributed by atoms with Crippen LogP contribution in [0.4, 0.5) is 19.3 Å². The third-order valence-electron chi connectivity index (χ3n) is 6.27. The zero-order valence-electron chi connectivity index (χ0n) is 17.9. The Morgan fingerprint density at radius 1 is 1.31 bits per heavy atom. The molecule has 11 heteroatoms. The Bertz CT molecular complexity index is 1260. The fourth-order valence-corrected chi connectivity index (χ4v) is 5.85. The zero-order chi connectivity index (χ0) is 22.8. The number of fused-ring (bicyclic) bond motifs is 3. The summed E-state index contributed by atoms with van der Waals surface area (Å²) in [6.07, 6.45) is 1.97. The van der Waals surface area contributed by atoms with Crippen molar-refractivity contribution in [2.75, 3.05) is 11.9 Å². The molecule has 172 valence electrons. The van der Waals surface area contributed by atoms with Gasteiger partial charge in [-0.15, -0.1) is 4.36 Å². The summed E-state index contributed by atoms with van der Waals surface area (Å²) in [5.74, 6) is -0.131. The van der Waals surface area contributed by atoms with Crippen molar-refractivity contribution in [3.05, 3.63) is 34.3 Å². The number of nitrogens with zero attached hydrogens (tertiary/aromatic N) is 3. The van der Waals surface area contributed by atoms with Crippen molar-refractivity contribution in [2.24, 2.45) is 14.9 Å². The number of urea groups is 1. The highest BCUT2D eigenvalue weighted by Crippen LogP contribution is 2.42. The molecule has 3 N–H and O–H groups in total. The number of rotatable bonds is 2. The third-order valence-corrected chi connectivity index (χ3v) is 7.62. The number of carbonyl (C=O) groups excluding carboxylic acids is 1. The second-order valence-corrected chi connectivity index (χ2v) is 11.2. The molecular formula is C21H25F2N5O3S. The van der Waals surface area contributed by atoms with Crippen LogP contribution in [-0.2, 0) is 42.1 Å². The Morgan fingerprint density at radius 3 is 2.81 bits per heavy atom. The van der Waals surface area contributed by atoms with E-state index in [1.807, 2.05) is 13.8 Å². The SMILES string of the molecule is CC1(C)COc2c([S@@](N)(=O)=NC(=O)Nc3c4c(c(F)c5c3C[C@@H](F)C5)CCC4)cnn2C1. The van der Waals surface area contributed by atoms with Gasteiger partial charge in [0.1, 0.15) is 16.9 Å². The summed E-state index contributed by atoms with van der Waals surface area (Å²) in [5, 5.41) is 12.8. The number of benzene rings is 1. The summed E-state index contributed by atoms with van der Waals surface area (Å²) < 4.78 is 53.1. The standard InChI is InChI=1S/C21H25F2N5O3S/c1-21(2)9-28-19(31-10-21)16(8-25-28)32(24,30)27-20(29)26-18-13-5-3-4-12(13)17(23)14-6-11(22)7-15(14)18/h8,11H,3-7,9-10H2,1-2H3,(H3,24,26,27,29,30)/t11-,32-/m0/s1. The molecule has 0 bridgehead atoms. The highest BCUT2D eigenvalue weighted by molar-refractivity contribution is 7.91. The number of anilines is 1. The molecule has 2 heterocycles. The summed E-state index contributed by atoms with van der Waals surface area (Å²) in [7, 11) is -3.66. The van der Waals surface area contributed by atoms with Gasteiger partial charge in [0.05, 0.1) is 19.3 Å². The van der Waals surface area contributed by atoms with Crippen LogP contribution in [0.3, 0.4) is 0 Å². The van der Waals surface area contributed by atoms with Crippen LogP contribution in [0.15, 0.2) is 15.5 Å². The minimum absolute atomic E-state index is 0.0156. The monoisotopic (exact) mass is 465 g/mol. The van der Waals surface area contributed by atoms with Crippen LogP contribution >= 0.6 is 0 Å². The molecule has 32 heavy (non-hydrogen) atoms. The van der Waals surface area contributed by atoms with Gasteiger partial charge < -0.3 is 10.1 Å². The largest absolute Gasteiger partial charge is 0.476 e. The molecule has 2 aromatic rings. The van der Waals surface area contributed by atoms with Crippen molar-refractivity contribution < 1.29 is 22.5 Å². The van der Waals surface area contributed by atoms with Crippen molar-refractivity contribution in [3.63, 3.8) is 0 Å². The molecule has 1 aromatic heterocycles. The molecule has 0 spiro atoms. The van der Waals surface area contributed by atoms with E-state index in [4.69, 9.17) is 9.88 Å². The second kappa shape index (κ2) is 7.24. The summed E-state index contributed by atoms with van der Waals surface area (Å²) in [5.41, 5.74) is 2.17. The van der Waals surface area contributed by atoms with E-state index in [1.54, 1.807) is 4.68 Å². The van der Waals surface area contributed by atoms with Crippen LogP contribution in [0.1, 0.15) is 42.5 Å². The molecule has 0 unspecified atom stereocenters. The van der Waals surface area contributed by atoms with Crippen molar-refractivity contribution in [3.8, 4) is 5.88 Å². The third kappa shape index (κ3) is 3.47. The molecule has 5 rings (SSSR count). The minimum Gasteiger partial charge on any atom is -0.476 e. The lowest BCUT2D eigenvalue weighted by Crippen LogP contribution is -2.33. The number of aromatic nitrogens is 2. The van der Waals surface area contributed by atoms with Crippen LogP contribution in [0, 0.1) is 11.2 Å². The van der Waals surface area contributed by atoms with E-state index in [-0.39, 0.29) is 34.8 Å². The van der Waals surface area contributed by atoms with Crippen LogP contribution in [0.2, 0.25) is 0 Å². The number of hydrogen-bond donors (Lipinski definition) is 2. The first-order chi connectivity index (χ1) is 15.1. The molecule has 1 aromatic carbocycles. The molecule has 2 atom stereocenters. The Morgan fingerprint density at radius 2 is 2.03 bits per heavy atom. The van der Waals surface area contributed by atoms with E-state index in [2.05, 4.69) is 14.8 Å². The lowest BCUT2D eigenvalue weighted by molar-refractivity contribution is 0.0972. The van der Waals surface area contributed by atoms with Gasteiger partial charge in [-0.2, -0.15) is 5.10 Å². The molecule has 2 aliphatic carbocycles. The molecule has 2 amide bonds. The molecule has 8 nitrogen and oxygen atoms in total. The summed E-state index contributed by atoms with van der Waals surface area (Å²) in [4.78, 5) is 12.8. The number of hydrogen-bond acceptors (Lipinski definition) is 4. The summed E-state index contributed by atoms with van der Waals surface area (Å²) in [6, 6.07) is -0.932. The lowest BCUT2D eigenvalue weighted by atomic mass is 9.94. The highest BCUT2D eigenvalue weighted by Gasteiger charge is 2.35. The van der Waals surface area contributed by atoms with Crippen molar-refractivity contribution in [1.82, 2.24) is 9.78 Å². The van der Waals surface area contributed by atoms with E-state index >= 15 is 0 Å². The smallest absolute Gasteiger partial charge is 0.354 e. The first-order valence-corrected chi connectivity index (χ1v) is 12.2. The van der Waals surface area contributed by atoms with Gasteiger partial charge in [0.15, 0.2) is 9.92 Å². The maximum absolute atomic E-state index is 14.8. The number of nitrogens with two attached hydrogens (primary N) is 1. The fourth-order valence-electron chi connectivity index (χ4n) is 4.85. The van der Waals surface area contributed by atoms with Crippen LogP contribution in [-0.4, -0.2) is 32.8 Å². The minimum atomic E-state index is -3.66. The second-order valence-electron chi connectivity index (χ2n) is 9.48. The maximum atomic E-state index is 14.8. The van der Waals surface area contributed by atoms with Crippen molar-refractivity contribution in [2.45, 2.75) is 63.6 Å². The van der Waals surface area contributed by atoms with E-state index in [0.717, 1.165) is 6.42 Å². The van der Waals surface area contributed by atoms with Gasteiger partial charge in [-0.05, 0) is 41.5 Å². The first-order valence-electron chi connectivity index (χ1n) is 10.6. The molecular weight excluding hydrogens is 440 g/mol. The molecule has 0 saturated heterocycles. The number of amides is 2. The zero-order valence-corrected chi connectivity index (χ0v) is 18.7. The van der Waals surface area contributed by atoms with E-state index in [9.17, 15) is 17.8 Å². The average molecular weight is 466 g/mol. The van der Waals surface area contributed by atoms with Crippen LogP contribution < -0.4 is 15.2 Å². The van der Waals surface area contributed by atoms with E-state index < -0.39 is 22.1 Å². The predicted molar refractivity (Wildman–Crippen MR) is 114 cm³/mol. The molecule has 3 aliphatic rings. The number of nitrogens with one attached hydrogen (secondary N) is 1. The lowest BCUT2D eigenvalue weighted by Gasteiger charge is -2.30. The van der Waals surface area contributed by atoms with Gasteiger partial charge in [-0.1, -0.05) is 13.8 Å². The highest BCUT2D eigenvalue weighted by atomic mass is 32.2. The quantitative estimate of drug-likeness (QED) is 0.709. The number of alkyl halides is 1. The first kappa shape index (κ1) is 21.3. The number of ether oxygens (including phenoxy) is 1. The summed E-state index contributed by atoms with van der Waals surface area (Å²) >= 11 is 0. The Kier molecular flexibility index (Phi) is 4.82. The van der Waals surface area contributed by atoms with E-state index in [1.165, 1.54) is 6.20 Å². The van der Waals surface area contributed by atoms with Gasteiger partial charge in [0, 0.05) is 23.9 Å². The Balaban J connectivity index is 1.49. The van der Waals surface area contributed by atoms with Gasteiger partial charge in [0.25, 0.3) is 0 Å². The van der Waals surface area contributed by atoms with Gasteiger partial charge in [0.2, 0.25) is 5.88 Å². The van der Waals surface area contributed by atoms with Crippen molar-refractivity contribution in [1.29, 1.82) is 0 Å². The van der Waals surface area contributed by atoms with Crippen molar-refractivity contribution >= 4 is 21.6 Å². The van der Waals surface area contributed by atoms with Crippen LogP contribution in [0.5, 0.6) is 5.88 Å². The average Bonchev–Trinajstić information content (AvgIpc) is 3.41. The van der Waals surface area contributed by atoms with Gasteiger partial charge >= 0.3 is 6.03 Å². The fraction of sp³-hybridized carbons (Fsp3) is 0.524. The summed E-state index contributed by atoms with van der Waals surface area (Å²) in [6.45, 7) is 4.95. The van der Waals surface area contributed by atoms with E-state index in [0.29, 0.717) is 53.9 Å². The Hall–Kier alpha value is -2.53. The molecule has 0 radical (unpaired) electrons. The molecule has 0 saturated carbocycles. The topological polar surface area (TPSA) is 112 Å². The number of carbonyl (C=O) groups is 1. The number of halogens is 2. The predicted octanol–water partition coefficient (Wildman–Crippen LogP) is 3.30. The van der Waals surface area contributed by atoms with Crippen LogP contribution in [0.25, 0.3) is 0 Å².